The molecule has 0 heterocycles. The summed E-state index contributed by atoms with van der Waals surface area (Å²) in [5, 5.41) is 9.10. The van der Waals surface area contributed by atoms with Gasteiger partial charge in [0.15, 0.2) is 0 Å². The third kappa shape index (κ3) is 4.53. The Bertz CT molecular complexity index is 593. The number of ether oxygens (including phenoxy) is 2. The van der Waals surface area contributed by atoms with Crippen molar-refractivity contribution in [3.8, 4) is 11.5 Å². The van der Waals surface area contributed by atoms with E-state index < -0.39 is 5.97 Å². The Labute approximate surface area is 123 Å². The zero-order valence-electron chi connectivity index (χ0n) is 11.9. The van der Waals surface area contributed by atoms with Crippen LogP contribution in [0, 0.1) is 6.92 Å². The lowest BCUT2D eigenvalue weighted by Crippen LogP contribution is -2.08. The Morgan fingerprint density at radius 2 is 1.76 bits per heavy atom. The van der Waals surface area contributed by atoms with Crippen LogP contribution in [0.5, 0.6) is 11.5 Å². The van der Waals surface area contributed by atoms with Crippen LogP contribution >= 0.6 is 0 Å². The summed E-state index contributed by atoms with van der Waals surface area (Å²) in [5.41, 5.74) is 1.15. The van der Waals surface area contributed by atoms with E-state index in [4.69, 9.17) is 14.6 Å². The molecule has 2 aromatic carbocycles. The van der Waals surface area contributed by atoms with Crippen LogP contribution in [0.25, 0.3) is 0 Å². The minimum Gasteiger partial charge on any atom is -0.493 e. The molecule has 0 aliphatic heterocycles. The molecule has 2 rings (SSSR count). The third-order valence-electron chi connectivity index (χ3n) is 2.93. The number of carboxylic acid groups (broad SMARTS) is 1. The quantitative estimate of drug-likeness (QED) is 0.791. The highest BCUT2D eigenvalue weighted by Gasteiger charge is 2.10. The molecule has 4 nitrogen and oxygen atoms in total. The Hall–Kier alpha value is -2.49. The number of carbonyl (C=O) groups is 1. The fourth-order valence-corrected chi connectivity index (χ4v) is 1.87. The van der Waals surface area contributed by atoms with E-state index in [-0.39, 0.29) is 5.56 Å². The maximum Gasteiger partial charge on any atom is 0.339 e. The summed E-state index contributed by atoms with van der Waals surface area (Å²) in [6.07, 6.45) is 0.682. The van der Waals surface area contributed by atoms with E-state index in [0.717, 1.165) is 11.3 Å². The molecule has 110 valence electrons. The molecule has 0 amide bonds. The van der Waals surface area contributed by atoms with Crippen molar-refractivity contribution in [2.45, 2.75) is 13.3 Å². The molecular weight excluding hydrogens is 268 g/mol. The van der Waals surface area contributed by atoms with E-state index in [0.29, 0.717) is 25.4 Å². The second-order valence-electron chi connectivity index (χ2n) is 4.67. The van der Waals surface area contributed by atoms with Crippen molar-refractivity contribution in [1.29, 1.82) is 0 Å². The van der Waals surface area contributed by atoms with E-state index >= 15 is 0 Å². The second-order valence-corrected chi connectivity index (χ2v) is 4.67. The zero-order valence-corrected chi connectivity index (χ0v) is 11.9. The first-order valence-corrected chi connectivity index (χ1v) is 6.81. The van der Waals surface area contributed by atoms with Crippen molar-refractivity contribution in [3.05, 3.63) is 59.7 Å². The van der Waals surface area contributed by atoms with Crippen LogP contribution in [0.2, 0.25) is 0 Å². The highest BCUT2D eigenvalue weighted by Crippen LogP contribution is 2.20. The number of benzene rings is 2. The standard InChI is InChI=1S/C17H18O4/c1-13-8-9-15(17(18)19)16(12-13)21-11-5-10-20-14-6-3-2-4-7-14/h2-4,6-9,12H,5,10-11H2,1H3,(H,18,19). The third-order valence-corrected chi connectivity index (χ3v) is 2.93. The Morgan fingerprint density at radius 1 is 1.05 bits per heavy atom. The summed E-state index contributed by atoms with van der Waals surface area (Å²) >= 11 is 0. The van der Waals surface area contributed by atoms with Gasteiger partial charge in [-0.3, -0.25) is 0 Å². The SMILES string of the molecule is Cc1ccc(C(=O)O)c(OCCCOc2ccccc2)c1. The molecule has 0 saturated heterocycles. The highest BCUT2D eigenvalue weighted by molar-refractivity contribution is 5.90. The molecule has 0 aliphatic carbocycles. The molecule has 0 fully saturated rings. The van der Waals surface area contributed by atoms with Gasteiger partial charge in [0.05, 0.1) is 13.2 Å². The molecule has 4 heteroatoms. The largest absolute Gasteiger partial charge is 0.493 e. The van der Waals surface area contributed by atoms with E-state index in [1.54, 1.807) is 18.2 Å². The Balaban J connectivity index is 1.81. The molecule has 2 aromatic rings. The van der Waals surface area contributed by atoms with Crippen LogP contribution in [0.1, 0.15) is 22.3 Å². The first-order valence-electron chi connectivity index (χ1n) is 6.81. The Kier molecular flexibility index (Phi) is 5.21. The van der Waals surface area contributed by atoms with Crippen LogP contribution < -0.4 is 9.47 Å². The van der Waals surface area contributed by atoms with Crippen molar-refractivity contribution in [3.63, 3.8) is 0 Å². The fourth-order valence-electron chi connectivity index (χ4n) is 1.87. The number of hydrogen-bond acceptors (Lipinski definition) is 3. The molecule has 0 bridgehead atoms. The highest BCUT2D eigenvalue weighted by atomic mass is 16.5. The monoisotopic (exact) mass is 286 g/mol. The van der Waals surface area contributed by atoms with E-state index in [2.05, 4.69) is 0 Å². The molecule has 1 N–H and O–H groups in total. The van der Waals surface area contributed by atoms with Crippen molar-refractivity contribution >= 4 is 5.97 Å². The summed E-state index contributed by atoms with van der Waals surface area (Å²) in [6, 6.07) is 14.6. The van der Waals surface area contributed by atoms with Crippen molar-refractivity contribution in [1.82, 2.24) is 0 Å². The smallest absolute Gasteiger partial charge is 0.339 e. The first-order chi connectivity index (χ1) is 10.2. The summed E-state index contributed by atoms with van der Waals surface area (Å²) in [5.74, 6) is 0.243. The van der Waals surface area contributed by atoms with Crippen LogP contribution in [-0.4, -0.2) is 24.3 Å². The van der Waals surface area contributed by atoms with Crippen LogP contribution in [0.4, 0.5) is 0 Å². The van der Waals surface area contributed by atoms with Crippen LogP contribution in [0.3, 0.4) is 0 Å². The summed E-state index contributed by atoms with van der Waals surface area (Å²) in [6.45, 7) is 2.84. The Morgan fingerprint density at radius 3 is 2.48 bits per heavy atom. The van der Waals surface area contributed by atoms with Gasteiger partial charge in [0, 0.05) is 6.42 Å². The lowest BCUT2D eigenvalue weighted by molar-refractivity contribution is 0.0692. The normalized spacial score (nSPS) is 10.1. The minimum absolute atomic E-state index is 0.185. The lowest BCUT2D eigenvalue weighted by atomic mass is 10.1. The number of aromatic carboxylic acids is 1. The van der Waals surface area contributed by atoms with E-state index in [1.165, 1.54) is 0 Å². The van der Waals surface area contributed by atoms with Gasteiger partial charge in [-0.1, -0.05) is 24.3 Å². The maximum atomic E-state index is 11.1. The predicted molar refractivity (Wildman–Crippen MR) is 80.2 cm³/mol. The molecule has 0 aliphatic rings. The predicted octanol–water partition coefficient (Wildman–Crippen LogP) is 3.54. The lowest BCUT2D eigenvalue weighted by Gasteiger charge is -2.10. The van der Waals surface area contributed by atoms with Crippen LogP contribution in [-0.2, 0) is 0 Å². The number of carboxylic acids is 1. The molecule has 0 radical (unpaired) electrons. The molecule has 0 atom stereocenters. The average Bonchev–Trinajstić information content (AvgIpc) is 2.48. The summed E-state index contributed by atoms with van der Waals surface area (Å²) in [7, 11) is 0. The van der Waals surface area contributed by atoms with Crippen molar-refractivity contribution < 1.29 is 19.4 Å². The number of rotatable bonds is 7. The zero-order chi connectivity index (χ0) is 15.1. The molecule has 0 saturated carbocycles. The van der Waals surface area contributed by atoms with E-state index in [9.17, 15) is 4.79 Å². The summed E-state index contributed by atoms with van der Waals surface area (Å²) in [4.78, 5) is 11.1. The minimum atomic E-state index is -0.981. The molecule has 0 unspecified atom stereocenters. The van der Waals surface area contributed by atoms with Gasteiger partial charge in [0.25, 0.3) is 0 Å². The molecule has 21 heavy (non-hydrogen) atoms. The van der Waals surface area contributed by atoms with Gasteiger partial charge in [-0.05, 0) is 36.8 Å². The second kappa shape index (κ2) is 7.33. The van der Waals surface area contributed by atoms with Gasteiger partial charge in [-0.15, -0.1) is 0 Å². The van der Waals surface area contributed by atoms with Gasteiger partial charge in [-0.2, -0.15) is 0 Å². The van der Waals surface area contributed by atoms with Gasteiger partial charge >= 0.3 is 5.97 Å². The average molecular weight is 286 g/mol. The van der Waals surface area contributed by atoms with Gasteiger partial charge in [0.2, 0.25) is 0 Å². The fraction of sp³-hybridized carbons (Fsp3) is 0.235. The van der Waals surface area contributed by atoms with Crippen molar-refractivity contribution in [2.75, 3.05) is 13.2 Å². The molecular formula is C17H18O4. The molecule has 0 spiro atoms. The van der Waals surface area contributed by atoms with Gasteiger partial charge in [-0.25, -0.2) is 4.79 Å². The first kappa shape index (κ1) is 14.9. The number of para-hydroxylation sites is 1. The van der Waals surface area contributed by atoms with Crippen molar-refractivity contribution in [2.24, 2.45) is 0 Å². The van der Waals surface area contributed by atoms with E-state index in [1.807, 2.05) is 37.3 Å². The van der Waals surface area contributed by atoms with Gasteiger partial charge < -0.3 is 14.6 Å². The summed E-state index contributed by atoms with van der Waals surface area (Å²) < 4.78 is 11.1. The van der Waals surface area contributed by atoms with Gasteiger partial charge in [0.1, 0.15) is 17.1 Å². The molecule has 0 aromatic heterocycles. The number of aryl methyl sites for hydroxylation is 1. The topological polar surface area (TPSA) is 55.8 Å². The number of hydrogen-bond donors (Lipinski definition) is 1. The van der Waals surface area contributed by atoms with Crippen LogP contribution in [0.15, 0.2) is 48.5 Å². The maximum absolute atomic E-state index is 11.1.